The summed E-state index contributed by atoms with van der Waals surface area (Å²) >= 11 is 0. The Morgan fingerprint density at radius 3 is 2.73 bits per heavy atom. The van der Waals surface area contributed by atoms with Gasteiger partial charge in [0, 0.05) is 37.0 Å². The summed E-state index contributed by atoms with van der Waals surface area (Å²) in [6, 6.07) is 10.5. The number of nitrogens with zero attached hydrogens (tertiary/aromatic N) is 3. The number of anilines is 1. The van der Waals surface area contributed by atoms with Crippen LogP contribution in [0, 0.1) is 12.7 Å². The average molecular weight is 448 g/mol. The lowest BCUT2D eigenvalue weighted by molar-refractivity contribution is 0.232. The highest BCUT2D eigenvalue weighted by atomic mass is 19.1. The Morgan fingerprint density at radius 2 is 1.91 bits per heavy atom. The van der Waals surface area contributed by atoms with Crippen LogP contribution >= 0.6 is 0 Å². The number of hydrogen-bond acceptors (Lipinski definition) is 6. The Balaban J connectivity index is 1.30. The van der Waals surface area contributed by atoms with Gasteiger partial charge in [0.05, 0.1) is 30.9 Å². The van der Waals surface area contributed by atoms with Crippen LogP contribution in [-0.2, 0) is 11.2 Å². The van der Waals surface area contributed by atoms with E-state index in [1.165, 1.54) is 12.1 Å². The summed E-state index contributed by atoms with van der Waals surface area (Å²) < 4.78 is 27.0. The van der Waals surface area contributed by atoms with Crippen LogP contribution in [0.15, 0.2) is 59.7 Å². The molecular weight excluding hydrogens is 421 g/mol. The number of fused-ring (bicyclic) bond motifs is 1. The highest BCUT2D eigenvalue weighted by Crippen LogP contribution is 2.36. The predicted molar refractivity (Wildman–Crippen MR) is 127 cm³/mol. The van der Waals surface area contributed by atoms with Gasteiger partial charge < -0.3 is 24.7 Å². The summed E-state index contributed by atoms with van der Waals surface area (Å²) in [5.41, 5.74) is 5.06. The van der Waals surface area contributed by atoms with Crippen molar-refractivity contribution in [2.24, 2.45) is 4.99 Å². The molecule has 0 unspecified atom stereocenters. The lowest BCUT2D eigenvalue weighted by atomic mass is 10.0. The molecule has 0 spiro atoms. The number of halogens is 1. The van der Waals surface area contributed by atoms with E-state index in [9.17, 15) is 4.39 Å². The van der Waals surface area contributed by atoms with Gasteiger partial charge in [-0.2, -0.15) is 0 Å². The van der Waals surface area contributed by atoms with Crippen molar-refractivity contribution in [3.8, 4) is 11.4 Å². The number of rotatable bonds is 6. The quantitative estimate of drug-likeness (QED) is 0.564. The Bertz CT molecular complexity index is 1200. The molecule has 2 aliphatic rings. The molecule has 2 N–H and O–H groups in total. The first-order chi connectivity index (χ1) is 16.2. The maximum atomic E-state index is 13.0. The van der Waals surface area contributed by atoms with Crippen molar-refractivity contribution < 1.29 is 13.9 Å². The van der Waals surface area contributed by atoms with Crippen LogP contribution in [0.2, 0.25) is 0 Å². The van der Waals surface area contributed by atoms with Crippen molar-refractivity contribution in [2.75, 3.05) is 38.2 Å². The van der Waals surface area contributed by atoms with Crippen molar-refractivity contribution in [3.05, 3.63) is 77.3 Å². The second-order valence-electron chi connectivity index (χ2n) is 7.95. The molecule has 3 aromatic rings. The molecule has 0 saturated heterocycles. The summed E-state index contributed by atoms with van der Waals surface area (Å²) in [7, 11) is 0. The number of amidine groups is 1. The zero-order chi connectivity index (χ0) is 22.6. The lowest BCUT2D eigenvalue weighted by Crippen LogP contribution is -2.33. The van der Waals surface area contributed by atoms with Crippen molar-refractivity contribution in [3.63, 3.8) is 0 Å². The second kappa shape index (κ2) is 9.36. The molecule has 1 aromatic heterocycles. The van der Waals surface area contributed by atoms with Crippen molar-refractivity contribution >= 4 is 17.6 Å². The first-order valence-corrected chi connectivity index (χ1v) is 11.1. The smallest absolute Gasteiger partial charge is 0.164 e. The van der Waals surface area contributed by atoms with E-state index in [1.54, 1.807) is 12.1 Å². The van der Waals surface area contributed by atoms with E-state index in [0.717, 1.165) is 52.0 Å². The lowest BCUT2D eigenvalue weighted by Gasteiger charge is -2.20. The summed E-state index contributed by atoms with van der Waals surface area (Å²) in [5.74, 6) is 2.12. The fourth-order valence-electron chi connectivity index (χ4n) is 4.01. The van der Waals surface area contributed by atoms with Gasteiger partial charge in [-0.3, -0.25) is 4.99 Å². The van der Waals surface area contributed by atoms with Crippen LogP contribution in [0.5, 0.6) is 5.75 Å². The standard InChI is InChI=1S/C25H26FN5O2/c1-17-15-31(16-30-17)22-7-2-18(21-8-12-33-24(21)22)14-23-25(29-11-13-32-23)28-10-9-27-20-5-3-19(26)4-6-20/h2-7,14-16,27H,8-13H2,1H3,(H,28,29)/b23-14-. The van der Waals surface area contributed by atoms with Crippen LogP contribution in [0.1, 0.15) is 16.8 Å². The Morgan fingerprint density at radius 1 is 1.06 bits per heavy atom. The van der Waals surface area contributed by atoms with E-state index in [4.69, 9.17) is 9.47 Å². The molecule has 5 rings (SSSR count). The number of ether oxygens (including phenoxy) is 2. The van der Waals surface area contributed by atoms with E-state index >= 15 is 0 Å². The van der Waals surface area contributed by atoms with E-state index in [2.05, 4.69) is 32.7 Å². The third kappa shape index (κ3) is 4.69. The average Bonchev–Trinajstić information content (AvgIpc) is 3.49. The van der Waals surface area contributed by atoms with Crippen molar-refractivity contribution in [1.29, 1.82) is 0 Å². The predicted octanol–water partition coefficient (Wildman–Crippen LogP) is 3.73. The monoisotopic (exact) mass is 447 g/mol. The molecule has 3 heterocycles. The Kier molecular flexibility index (Phi) is 5.97. The number of hydrogen-bond donors (Lipinski definition) is 2. The zero-order valence-electron chi connectivity index (χ0n) is 18.5. The molecule has 0 saturated carbocycles. The first-order valence-electron chi connectivity index (χ1n) is 11.1. The molecule has 2 aliphatic heterocycles. The molecule has 0 atom stereocenters. The second-order valence-corrected chi connectivity index (χ2v) is 7.95. The van der Waals surface area contributed by atoms with Gasteiger partial charge in [-0.05, 0) is 48.9 Å². The largest absolute Gasteiger partial charge is 0.491 e. The van der Waals surface area contributed by atoms with Gasteiger partial charge >= 0.3 is 0 Å². The highest BCUT2D eigenvalue weighted by molar-refractivity contribution is 6.01. The molecule has 0 bridgehead atoms. The van der Waals surface area contributed by atoms with Crippen LogP contribution in [0.3, 0.4) is 0 Å². The van der Waals surface area contributed by atoms with Gasteiger partial charge in [-0.25, -0.2) is 9.37 Å². The number of aryl methyl sites for hydroxylation is 1. The summed E-state index contributed by atoms with van der Waals surface area (Å²) in [6.07, 6.45) is 6.68. The normalized spacial score (nSPS) is 16.1. The highest BCUT2D eigenvalue weighted by Gasteiger charge is 2.22. The van der Waals surface area contributed by atoms with Crippen molar-refractivity contribution in [1.82, 2.24) is 14.9 Å². The maximum Gasteiger partial charge on any atom is 0.164 e. The van der Waals surface area contributed by atoms with E-state index in [0.29, 0.717) is 32.8 Å². The van der Waals surface area contributed by atoms with Crippen molar-refractivity contribution in [2.45, 2.75) is 13.3 Å². The molecule has 33 heavy (non-hydrogen) atoms. The first kappa shape index (κ1) is 21.1. The summed E-state index contributed by atoms with van der Waals surface area (Å²) in [5, 5.41) is 6.62. The molecule has 0 aliphatic carbocycles. The molecule has 0 amide bonds. The van der Waals surface area contributed by atoms with Crippen LogP contribution in [0.25, 0.3) is 11.8 Å². The Hall–Kier alpha value is -3.81. The number of imidazole rings is 1. The molecule has 7 nitrogen and oxygen atoms in total. The van der Waals surface area contributed by atoms with E-state index < -0.39 is 0 Å². The van der Waals surface area contributed by atoms with Gasteiger partial charge in [0.1, 0.15) is 18.2 Å². The third-order valence-corrected chi connectivity index (χ3v) is 5.59. The molecule has 2 aromatic carbocycles. The molecule has 8 heteroatoms. The number of aliphatic imine (C=N–C) groups is 1. The minimum absolute atomic E-state index is 0.243. The van der Waals surface area contributed by atoms with Gasteiger partial charge in [-0.1, -0.05) is 6.07 Å². The minimum Gasteiger partial charge on any atom is -0.491 e. The minimum atomic E-state index is -0.243. The molecular formula is C25H26FN5O2. The number of nitrogens with one attached hydrogen (secondary N) is 2. The van der Waals surface area contributed by atoms with Crippen LogP contribution in [-0.4, -0.2) is 48.2 Å². The number of aromatic nitrogens is 2. The number of benzene rings is 2. The fraction of sp³-hybridized carbons (Fsp3) is 0.280. The molecule has 0 radical (unpaired) electrons. The fourth-order valence-corrected chi connectivity index (χ4v) is 4.01. The van der Waals surface area contributed by atoms with E-state index in [1.807, 2.05) is 30.1 Å². The SMILES string of the molecule is Cc1cn(-c2ccc(/C=C3\OCCN=C3NCCNc3ccc(F)cc3)c3c2OCC3)cn1. The van der Waals surface area contributed by atoms with Crippen LogP contribution < -0.4 is 15.4 Å². The van der Waals surface area contributed by atoms with Gasteiger partial charge in [0.25, 0.3) is 0 Å². The van der Waals surface area contributed by atoms with Gasteiger partial charge in [0.15, 0.2) is 11.6 Å². The Labute approximate surface area is 192 Å². The molecule has 0 fully saturated rings. The topological polar surface area (TPSA) is 72.7 Å². The van der Waals surface area contributed by atoms with Crippen LogP contribution in [0.4, 0.5) is 10.1 Å². The summed E-state index contributed by atoms with van der Waals surface area (Å²) in [4.78, 5) is 8.95. The van der Waals surface area contributed by atoms with Gasteiger partial charge in [0.2, 0.25) is 0 Å². The van der Waals surface area contributed by atoms with E-state index in [-0.39, 0.29) is 5.82 Å². The third-order valence-electron chi connectivity index (χ3n) is 5.59. The molecule has 170 valence electrons. The maximum absolute atomic E-state index is 13.0. The zero-order valence-corrected chi connectivity index (χ0v) is 18.5. The van der Waals surface area contributed by atoms with Gasteiger partial charge in [-0.15, -0.1) is 0 Å². The summed E-state index contributed by atoms with van der Waals surface area (Å²) in [6.45, 7) is 5.11.